The highest BCUT2D eigenvalue weighted by molar-refractivity contribution is 7.92. The number of amides is 2. The first kappa shape index (κ1) is 28.0. The minimum absolute atomic E-state index is 0.00122. The Kier molecular flexibility index (Phi) is 9.18. The van der Waals surface area contributed by atoms with Gasteiger partial charge >= 0.3 is 0 Å². The highest BCUT2D eigenvalue weighted by Gasteiger charge is 2.32. The molecule has 1 atom stereocenters. The van der Waals surface area contributed by atoms with Crippen LogP contribution in [0.1, 0.15) is 18.1 Å². The number of rotatable bonds is 10. The predicted octanol–water partition coefficient (Wildman–Crippen LogP) is 4.02. The van der Waals surface area contributed by atoms with Crippen LogP contribution >= 0.6 is 11.6 Å². The highest BCUT2D eigenvalue weighted by Crippen LogP contribution is 2.26. The molecule has 0 aromatic heterocycles. The maximum atomic E-state index is 13.8. The molecule has 3 rings (SSSR count). The molecule has 3 aromatic rings. The molecule has 0 spiro atoms. The van der Waals surface area contributed by atoms with E-state index in [1.165, 1.54) is 31.2 Å². The number of nitrogens with one attached hydrogen (secondary N) is 1. The van der Waals surface area contributed by atoms with E-state index in [2.05, 4.69) is 5.32 Å². The molecular formula is C27H30ClN3O5S. The zero-order chi connectivity index (χ0) is 27.2. The fraction of sp³-hybridized carbons (Fsp3) is 0.259. The molecule has 3 aromatic carbocycles. The van der Waals surface area contributed by atoms with Crippen molar-refractivity contribution in [3.8, 4) is 5.75 Å². The van der Waals surface area contributed by atoms with Crippen molar-refractivity contribution in [3.05, 3.63) is 88.9 Å². The van der Waals surface area contributed by atoms with E-state index in [-0.39, 0.29) is 17.3 Å². The second-order valence-corrected chi connectivity index (χ2v) is 10.7. The zero-order valence-electron chi connectivity index (χ0n) is 21.1. The maximum absolute atomic E-state index is 13.8. The third kappa shape index (κ3) is 6.61. The van der Waals surface area contributed by atoms with Crippen molar-refractivity contribution in [3.63, 3.8) is 0 Å². The van der Waals surface area contributed by atoms with E-state index in [0.29, 0.717) is 22.0 Å². The van der Waals surface area contributed by atoms with E-state index in [1.807, 2.05) is 6.92 Å². The van der Waals surface area contributed by atoms with Crippen LogP contribution < -0.4 is 14.4 Å². The molecule has 10 heteroatoms. The lowest BCUT2D eigenvalue weighted by molar-refractivity contribution is -0.139. The second-order valence-electron chi connectivity index (χ2n) is 8.43. The number of benzene rings is 3. The van der Waals surface area contributed by atoms with Gasteiger partial charge in [-0.2, -0.15) is 0 Å². The Labute approximate surface area is 222 Å². The minimum atomic E-state index is -4.15. The van der Waals surface area contributed by atoms with E-state index in [0.717, 1.165) is 9.87 Å². The molecule has 0 heterocycles. The molecule has 196 valence electrons. The smallest absolute Gasteiger partial charge is 0.264 e. The summed E-state index contributed by atoms with van der Waals surface area (Å²) in [5, 5.41) is 2.98. The number of anilines is 1. The van der Waals surface area contributed by atoms with Crippen molar-refractivity contribution < 1.29 is 22.7 Å². The molecule has 0 aliphatic heterocycles. The van der Waals surface area contributed by atoms with Gasteiger partial charge in [0.2, 0.25) is 11.8 Å². The molecule has 0 aliphatic carbocycles. The first-order valence-corrected chi connectivity index (χ1v) is 13.4. The molecule has 0 radical (unpaired) electrons. The quantitative estimate of drug-likeness (QED) is 0.417. The number of likely N-dealkylation sites (N-methyl/N-ethyl adjacent to an activating group) is 1. The fourth-order valence-corrected chi connectivity index (χ4v) is 5.33. The standard InChI is InChI=1S/C27H30ClN3O5S/c1-19-9-11-22(12-10-19)31(37(34,35)24-15-13-23(36-4)14-16-24)18-26(32)30(20(2)27(33)29-3)17-21-7-5-6-8-25(21)28/h5-16,20H,17-18H2,1-4H3,(H,29,33)/t20-/m1/s1. The molecule has 37 heavy (non-hydrogen) atoms. The summed E-state index contributed by atoms with van der Waals surface area (Å²) in [7, 11) is -1.19. The Balaban J connectivity index is 2.03. The normalized spacial score (nSPS) is 11.9. The van der Waals surface area contributed by atoms with Crippen molar-refractivity contribution in [2.75, 3.05) is 25.0 Å². The molecular weight excluding hydrogens is 514 g/mol. The number of aryl methyl sites for hydroxylation is 1. The minimum Gasteiger partial charge on any atom is -0.497 e. The number of carbonyl (C=O) groups is 2. The van der Waals surface area contributed by atoms with Gasteiger partial charge in [0.25, 0.3) is 10.0 Å². The summed E-state index contributed by atoms with van der Waals surface area (Å²) in [5.74, 6) is -0.448. The van der Waals surface area contributed by atoms with E-state index < -0.39 is 28.5 Å². The van der Waals surface area contributed by atoms with Crippen LogP contribution in [-0.4, -0.2) is 51.9 Å². The third-order valence-electron chi connectivity index (χ3n) is 5.96. The molecule has 1 N–H and O–H groups in total. The van der Waals surface area contributed by atoms with Gasteiger partial charge in [-0.1, -0.05) is 47.5 Å². The molecule has 8 nitrogen and oxygen atoms in total. The lowest BCUT2D eigenvalue weighted by atomic mass is 10.1. The van der Waals surface area contributed by atoms with Crippen LogP contribution in [0.5, 0.6) is 5.75 Å². The molecule has 0 fully saturated rings. The summed E-state index contributed by atoms with van der Waals surface area (Å²) in [6, 6.07) is 18.9. The van der Waals surface area contributed by atoms with Gasteiger partial charge in [-0.3, -0.25) is 13.9 Å². The number of methoxy groups -OCH3 is 1. The zero-order valence-corrected chi connectivity index (χ0v) is 22.7. The number of sulfonamides is 1. The number of carbonyl (C=O) groups excluding carboxylic acids is 2. The molecule has 2 amide bonds. The van der Waals surface area contributed by atoms with Gasteiger partial charge in [-0.15, -0.1) is 0 Å². The van der Waals surface area contributed by atoms with Crippen LogP contribution in [-0.2, 0) is 26.2 Å². The van der Waals surface area contributed by atoms with E-state index in [1.54, 1.807) is 67.6 Å². The number of hydrogen-bond acceptors (Lipinski definition) is 5. The van der Waals surface area contributed by atoms with Crippen LogP contribution in [0, 0.1) is 6.92 Å². The Hall–Kier alpha value is -3.56. The second kappa shape index (κ2) is 12.1. The summed E-state index contributed by atoms with van der Waals surface area (Å²) in [6.07, 6.45) is 0. The van der Waals surface area contributed by atoms with Gasteiger partial charge in [0.15, 0.2) is 0 Å². The van der Waals surface area contributed by atoms with Gasteiger partial charge in [-0.25, -0.2) is 8.42 Å². The third-order valence-corrected chi connectivity index (χ3v) is 8.12. The summed E-state index contributed by atoms with van der Waals surface area (Å²) >= 11 is 6.33. The first-order chi connectivity index (χ1) is 17.6. The Morgan fingerprint density at radius 1 is 1.00 bits per heavy atom. The van der Waals surface area contributed by atoms with Crippen molar-refractivity contribution >= 4 is 39.1 Å². The number of ether oxygens (including phenoxy) is 1. The monoisotopic (exact) mass is 543 g/mol. The summed E-state index contributed by atoms with van der Waals surface area (Å²) in [5.41, 5.74) is 1.89. The number of halogens is 1. The summed E-state index contributed by atoms with van der Waals surface area (Å²) < 4.78 is 33.7. The summed E-state index contributed by atoms with van der Waals surface area (Å²) in [6.45, 7) is 2.97. The van der Waals surface area contributed by atoms with Crippen molar-refractivity contribution in [2.24, 2.45) is 0 Å². The Bertz CT molecular complexity index is 1350. The van der Waals surface area contributed by atoms with Crippen LogP contribution in [0.15, 0.2) is 77.7 Å². The van der Waals surface area contributed by atoms with Gasteiger partial charge in [-0.05, 0) is 61.9 Å². The Morgan fingerprint density at radius 2 is 1.62 bits per heavy atom. The predicted molar refractivity (Wildman–Crippen MR) is 144 cm³/mol. The molecule has 0 saturated carbocycles. The average Bonchev–Trinajstić information content (AvgIpc) is 2.90. The van der Waals surface area contributed by atoms with Crippen LogP contribution in [0.4, 0.5) is 5.69 Å². The first-order valence-electron chi connectivity index (χ1n) is 11.6. The van der Waals surface area contributed by atoms with Gasteiger partial charge in [0, 0.05) is 18.6 Å². The number of hydrogen-bond donors (Lipinski definition) is 1. The van der Waals surface area contributed by atoms with Gasteiger partial charge in [0.1, 0.15) is 18.3 Å². The topological polar surface area (TPSA) is 96.0 Å². The molecule has 0 bridgehead atoms. The molecule has 0 unspecified atom stereocenters. The van der Waals surface area contributed by atoms with Crippen LogP contribution in [0.3, 0.4) is 0 Å². The van der Waals surface area contributed by atoms with E-state index >= 15 is 0 Å². The lowest BCUT2D eigenvalue weighted by Gasteiger charge is -2.32. The van der Waals surface area contributed by atoms with Crippen molar-refractivity contribution in [1.29, 1.82) is 0 Å². The molecule has 0 aliphatic rings. The Morgan fingerprint density at radius 3 is 2.19 bits per heavy atom. The van der Waals surface area contributed by atoms with Gasteiger partial charge < -0.3 is 15.0 Å². The largest absolute Gasteiger partial charge is 0.497 e. The summed E-state index contributed by atoms with van der Waals surface area (Å²) in [4.78, 5) is 27.6. The SMILES string of the molecule is CNC(=O)[C@@H](C)N(Cc1ccccc1Cl)C(=O)CN(c1ccc(C)cc1)S(=O)(=O)c1ccc(OC)cc1. The van der Waals surface area contributed by atoms with E-state index in [4.69, 9.17) is 16.3 Å². The fourth-order valence-electron chi connectivity index (χ4n) is 3.72. The van der Waals surface area contributed by atoms with Crippen molar-refractivity contribution in [2.45, 2.75) is 31.3 Å². The van der Waals surface area contributed by atoms with E-state index in [9.17, 15) is 18.0 Å². The number of nitrogens with zero attached hydrogens (tertiary/aromatic N) is 2. The average molecular weight is 544 g/mol. The maximum Gasteiger partial charge on any atom is 0.264 e. The van der Waals surface area contributed by atoms with Crippen LogP contribution in [0.2, 0.25) is 5.02 Å². The lowest BCUT2D eigenvalue weighted by Crippen LogP contribution is -2.50. The van der Waals surface area contributed by atoms with Gasteiger partial charge in [0.05, 0.1) is 17.7 Å². The van der Waals surface area contributed by atoms with Crippen molar-refractivity contribution in [1.82, 2.24) is 10.2 Å². The molecule has 0 saturated heterocycles. The highest BCUT2D eigenvalue weighted by atomic mass is 35.5. The van der Waals surface area contributed by atoms with Crippen LogP contribution in [0.25, 0.3) is 0 Å².